The van der Waals surface area contributed by atoms with Crippen LogP contribution in [0.15, 0.2) is 29.2 Å². The first-order valence-corrected chi connectivity index (χ1v) is 8.44. The third-order valence-corrected chi connectivity index (χ3v) is 5.78. The molecule has 0 atom stereocenters. The van der Waals surface area contributed by atoms with Crippen molar-refractivity contribution in [2.24, 2.45) is 11.7 Å². The van der Waals surface area contributed by atoms with Gasteiger partial charge in [0.2, 0.25) is 15.9 Å². The lowest BCUT2D eigenvalue weighted by atomic mass is 9.97. The number of carbonyl (C=O) groups excluding carboxylic acids is 1. The zero-order chi connectivity index (χ0) is 15.5. The number of piperidine rings is 1. The molecule has 7 heteroatoms. The number of hydrogen-bond acceptors (Lipinski definition) is 4. The van der Waals surface area contributed by atoms with Crippen molar-refractivity contribution in [1.82, 2.24) is 9.62 Å². The summed E-state index contributed by atoms with van der Waals surface area (Å²) in [6.07, 6.45) is 1.11. The minimum absolute atomic E-state index is 0.0145. The van der Waals surface area contributed by atoms with Crippen LogP contribution < -0.4 is 11.1 Å². The maximum Gasteiger partial charge on any atom is 0.243 e. The molecule has 1 saturated heterocycles. The molecule has 0 bridgehead atoms. The first kappa shape index (κ1) is 15.9. The Morgan fingerprint density at radius 1 is 1.29 bits per heavy atom. The molecule has 1 aliphatic heterocycles. The smallest absolute Gasteiger partial charge is 0.243 e. The average molecular weight is 311 g/mol. The summed E-state index contributed by atoms with van der Waals surface area (Å²) in [4.78, 5) is 11.8. The molecule has 116 valence electrons. The van der Waals surface area contributed by atoms with E-state index in [2.05, 4.69) is 5.32 Å². The van der Waals surface area contributed by atoms with Crippen LogP contribution in [0.5, 0.6) is 0 Å². The summed E-state index contributed by atoms with van der Waals surface area (Å²) >= 11 is 0. The Kier molecular flexibility index (Phi) is 4.97. The van der Waals surface area contributed by atoms with Crippen molar-refractivity contribution in [1.29, 1.82) is 0 Å². The molecule has 1 aromatic rings. The summed E-state index contributed by atoms with van der Waals surface area (Å²) in [5.74, 6) is -0.111. The normalized spacial score (nSPS) is 17.6. The van der Waals surface area contributed by atoms with Crippen LogP contribution in [-0.4, -0.2) is 38.8 Å². The fraction of sp³-hybridized carbons (Fsp3) is 0.500. The Hall–Kier alpha value is -1.44. The van der Waals surface area contributed by atoms with Gasteiger partial charge in [-0.25, -0.2) is 8.42 Å². The van der Waals surface area contributed by atoms with Crippen LogP contribution in [0.4, 0.5) is 0 Å². The van der Waals surface area contributed by atoms with Gasteiger partial charge in [0.1, 0.15) is 0 Å². The molecule has 0 unspecified atom stereocenters. The number of rotatable bonds is 4. The van der Waals surface area contributed by atoms with Crippen molar-refractivity contribution in [3.63, 3.8) is 0 Å². The summed E-state index contributed by atoms with van der Waals surface area (Å²) in [6, 6.07) is 6.62. The molecule has 0 saturated carbocycles. The van der Waals surface area contributed by atoms with E-state index in [1.807, 2.05) is 0 Å². The van der Waals surface area contributed by atoms with E-state index in [0.29, 0.717) is 32.5 Å². The van der Waals surface area contributed by atoms with Gasteiger partial charge in [0, 0.05) is 32.6 Å². The molecule has 1 heterocycles. The first-order chi connectivity index (χ1) is 9.98. The number of carbonyl (C=O) groups is 1. The lowest BCUT2D eigenvalue weighted by molar-refractivity contribution is -0.125. The Labute approximate surface area is 125 Å². The lowest BCUT2D eigenvalue weighted by Gasteiger charge is -2.30. The Morgan fingerprint density at radius 3 is 2.33 bits per heavy atom. The molecule has 0 radical (unpaired) electrons. The van der Waals surface area contributed by atoms with E-state index in [-0.39, 0.29) is 16.7 Å². The summed E-state index contributed by atoms with van der Waals surface area (Å²) < 4.78 is 26.5. The number of nitrogens with zero attached hydrogens (tertiary/aromatic N) is 1. The average Bonchev–Trinajstić information content (AvgIpc) is 2.54. The summed E-state index contributed by atoms with van der Waals surface area (Å²) in [7, 11) is -1.88. The van der Waals surface area contributed by atoms with E-state index in [4.69, 9.17) is 5.73 Å². The highest BCUT2D eigenvalue weighted by molar-refractivity contribution is 7.89. The van der Waals surface area contributed by atoms with E-state index in [9.17, 15) is 13.2 Å². The summed E-state index contributed by atoms with van der Waals surface area (Å²) in [6.45, 7) is 1.13. The Morgan fingerprint density at radius 2 is 1.86 bits per heavy atom. The minimum Gasteiger partial charge on any atom is -0.359 e. The van der Waals surface area contributed by atoms with Gasteiger partial charge in [-0.15, -0.1) is 0 Å². The van der Waals surface area contributed by atoms with Gasteiger partial charge in [-0.1, -0.05) is 12.1 Å². The van der Waals surface area contributed by atoms with Gasteiger partial charge in [0.15, 0.2) is 0 Å². The molecule has 6 nitrogen and oxygen atoms in total. The molecule has 2 rings (SSSR count). The molecular formula is C14H21N3O3S. The number of hydrogen-bond donors (Lipinski definition) is 2. The highest BCUT2D eigenvalue weighted by Crippen LogP contribution is 2.24. The third-order valence-electron chi connectivity index (χ3n) is 3.87. The number of amides is 1. The third kappa shape index (κ3) is 3.42. The van der Waals surface area contributed by atoms with Crippen LogP contribution >= 0.6 is 0 Å². The highest BCUT2D eigenvalue weighted by atomic mass is 32.2. The van der Waals surface area contributed by atoms with Gasteiger partial charge < -0.3 is 11.1 Å². The molecule has 0 aromatic heterocycles. The van der Waals surface area contributed by atoms with Gasteiger partial charge in [0.05, 0.1) is 4.90 Å². The van der Waals surface area contributed by atoms with Gasteiger partial charge in [-0.05, 0) is 30.5 Å². The lowest BCUT2D eigenvalue weighted by Crippen LogP contribution is -2.42. The van der Waals surface area contributed by atoms with Gasteiger partial charge in [-0.2, -0.15) is 4.31 Å². The monoisotopic (exact) mass is 311 g/mol. The zero-order valence-corrected chi connectivity index (χ0v) is 12.9. The van der Waals surface area contributed by atoms with Crippen LogP contribution in [0.1, 0.15) is 18.4 Å². The second-order valence-corrected chi connectivity index (χ2v) is 7.08. The zero-order valence-electron chi connectivity index (χ0n) is 12.1. The van der Waals surface area contributed by atoms with E-state index >= 15 is 0 Å². The molecule has 1 aliphatic rings. The number of nitrogens with one attached hydrogen (secondary N) is 1. The van der Waals surface area contributed by atoms with Crippen LogP contribution in [0, 0.1) is 5.92 Å². The van der Waals surface area contributed by atoms with Crippen molar-refractivity contribution in [3.05, 3.63) is 29.8 Å². The van der Waals surface area contributed by atoms with Crippen molar-refractivity contribution >= 4 is 15.9 Å². The largest absolute Gasteiger partial charge is 0.359 e. The van der Waals surface area contributed by atoms with E-state index in [0.717, 1.165) is 5.56 Å². The van der Waals surface area contributed by atoms with Crippen molar-refractivity contribution in [3.8, 4) is 0 Å². The fourth-order valence-corrected chi connectivity index (χ4v) is 3.98. The SMILES string of the molecule is CNC(=O)C1CCN(S(=O)(=O)c2ccc(CN)cc2)CC1. The molecule has 0 aliphatic carbocycles. The van der Waals surface area contributed by atoms with Crippen LogP contribution in [-0.2, 0) is 21.4 Å². The Balaban J connectivity index is 2.09. The quantitative estimate of drug-likeness (QED) is 0.836. The van der Waals surface area contributed by atoms with E-state index in [1.165, 1.54) is 4.31 Å². The molecule has 3 N–H and O–H groups in total. The standard InChI is InChI=1S/C14H21N3O3S/c1-16-14(18)12-6-8-17(9-7-12)21(19,20)13-4-2-11(10-15)3-5-13/h2-5,12H,6-10,15H2,1H3,(H,16,18). The van der Waals surface area contributed by atoms with Crippen molar-refractivity contribution in [2.45, 2.75) is 24.3 Å². The Bertz CT molecular complexity index is 590. The van der Waals surface area contributed by atoms with Gasteiger partial charge in [-0.3, -0.25) is 4.79 Å². The van der Waals surface area contributed by atoms with Gasteiger partial charge in [0.25, 0.3) is 0 Å². The highest BCUT2D eigenvalue weighted by Gasteiger charge is 2.31. The molecule has 21 heavy (non-hydrogen) atoms. The molecule has 0 spiro atoms. The molecule has 1 amide bonds. The van der Waals surface area contributed by atoms with E-state index < -0.39 is 10.0 Å². The van der Waals surface area contributed by atoms with Crippen LogP contribution in [0.3, 0.4) is 0 Å². The number of sulfonamides is 1. The van der Waals surface area contributed by atoms with Crippen LogP contribution in [0.25, 0.3) is 0 Å². The fourth-order valence-electron chi connectivity index (χ4n) is 2.51. The maximum atomic E-state index is 12.5. The first-order valence-electron chi connectivity index (χ1n) is 6.99. The molecule has 1 fully saturated rings. The summed E-state index contributed by atoms with van der Waals surface area (Å²) in [5, 5.41) is 2.61. The number of benzene rings is 1. The second-order valence-electron chi connectivity index (χ2n) is 5.14. The van der Waals surface area contributed by atoms with Gasteiger partial charge >= 0.3 is 0 Å². The van der Waals surface area contributed by atoms with Crippen LogP contribution in [0.2, 0.25) is 0 Å². The maximum absolute atomic E-state index is 12.5. The van der Waals surface area contributed by atoms with Crippen molar-refractivity contribution < 1.29 is 13.2 Å². The predicted octanol–water partition coefficient (Wildman–Crippen LogP) is 0.292. The second kappa shape index (κ2) is 6.55. The minimum atomic E-state index is -3.48. The topological polar surface area (TPSA) is 92.5 Å². The predicted molar refractivity (Wildman–Crippen MR) is 79.9 cm³/mol. The molecule has 1 aromatic carbocycles. The summed E-state index contributed by atoms with van der Waals surface area (Å²) in [5.41, 5.74) is 6.41. The van der Waals surface area contributed by atoms with E-state index in [1.54, 1.807) is 31.3 Å². The van der Waals surface area contributed by atoms with Crippen molar-refractivity contribution in [2.75, 3.05) is 20.1 Å². The molecular weight excluding hydrogens is 290 g/mol. The number of nitrogens with two attached hydrogens (primary N) is 1.